The summed E-state index contributed by atoms with van der Waals surface area (Å²) in [5.74, 6) is 0.752. The lowest BCUT2D eigenvalue weighted by molar-refractivity contribution is 0.411. The van der Waals surface area contributed by atoms with E-state index in [0.717, 1.165) is 0 Å². The summed E-state index contributed by atoms with van der Waals surface area (Å²) in [7, 11) is 3.09. The number of nitrogens with zero attached hydrogens (tertiary/aromatic N) is 4. The van der Waals surface area contributed by atoms with Gasteiger partial charge in [0.15, 0.2) is 5.15 Å². The first-order valence-electron chi connectivity index (χ1n) is 6.88. The molecule has 0 N–H and O–H groups in total. The van der Waals surface area contributed by atoms with Gasteiger partial charge in [0.25, 0.3) is 0 Å². The first-order valence-corrected chi connectivity index (χ1v) is 7.63. The average Bonchev–Trinajstić information content (AvgIpc) is 2.64. The van der Waals surface area contributed by atoms with Gasteiger partial charge in [-0.15, -0.1) is 5.10 Å². The highest BCUT2D eigenvalue weighted by Crippen LogP contribution is 2.24. The quantitative estimate of drug-likeness (QED) is 0.679. The smallest absolute Gasteiger partial charge is 0.155 e. The Morgan fingerprint density at radius 1 is 0.880 bits per heavy atom. The monoisotopic (exact) mass is 382 g/mol. The summed E-state index contributed by atoms with van der Waals surface area (Å²) in [4.78, 5) is 0. The number of halogens is 3. The largest absolute Gasteiger partial charge is 0.495 e. The molecule has 0 aliphatic rings. The molecule has 0 saturated heterocycles. The van der Waals surface area contributed by atoms with Crippen LogP contribution < -0.4 is 9.47 Å². The van der Waals surface area contributed by atoms with Crippen molar-refractivity contribution in [3.05, 3.63) is 58.7 Å². The molecule has 0 bridgehead atoms. The van der Waals surface area contributed by atoms with Crippen molar-refractivity contribution in [3.8, 4) is 22.8 Å². The van der Waals surface area contributed by atoms with Crippen molar-refractivity contribution in [1.82, 2.24) is 20.4 Å². The standard InChI is InChI=1S/C11H8ClFN2O.C5H5ClN2O/c1-16-8-5-11(15-14-6-8)7-2-3-10(13)9(12)4-7;1-9-4-2-5(6)8-7-3-4/h2-6H,1H3;2-3H,1H3. The van der Waals surface area contributed by atoms with Crippen molar-refractivity contribution in [2.24, 2.45) is 0 Å². The molecule has 0 amide bonds. The van der Waals surface area contributed by atoms with Gasteiger partial charge in [-0.05, 0) is 18.2 Å². The predicted molar refractivity (Wildman–Crippen MR) is 92.6 cm³/mol. The normalized spacial score (nSPS) is 9.80. The summed E-state index contributed by atoms with van der Waals surface area (Å²) in [6.07, 6.45) is 2.99. The third kappa shape index (κ3) is 5.51. The molecule has 3 aromatic rings. The van der Waals surface area contributed by atoms with Crippen LogP contribution in [0.5, 0.6) is 11.5 Å². The number of ether oxygens (including phenoxy) is 2. The summed E-state index contributed by atoms with van der Waals surface area (Å²) in [5.41, 5.74) is 1.28. The molecule has 2 aromatic heterocycles. The van der Waals surface area contributed by atoms with Crippen molar-refractivity contribution in [1.29, 1.82) is 0 Å². The fraction of sp³-hybridized carbons (Fsp3) is 0.125. The Bertz CT molecular complexity index is 852. The van der Waals surface area contributed by atoms with Gasteiger partial charge in [0.05, 0.1) is 37.3 Å². The summed E-state index contributed by atoms with van der Waals surface area (Å²) < 4.78 is 22.8. The van der Waals surface area contributed by atoms with E-state index in [1.165, 1.54) is 24.5 Å². The fourth-order valence-electron chi connectivity index (χ4n) is 1.69. The molecular formula is C16H13Cl2FN4O2. The fourth-order valence-corrected chi connectivity index (χ4v) is 2.02. The van der Waals surface area contributed by atoms with Crippen molar-refractivity contribution in [2.45, 2.75) is 0 Å². The van der Waals surface area contributed by atoms with Crippen LogP contribution in [0.1, 0.15) is 0 Å². The number of methoxy groups -OCH3 is 2. The van der Waals surface area contributed by atoms with Crippen LogP contribution in [-0.2, 0) is 0 Å². The summed E-state index contributed by atoms with van der Waals surface area (Å²) in [6.45, 7) is 0. The Hall–Kier alpha value is -2.51. The molecule has 6 nitrogen and oxygen atoms in total. The molecule has 0 aliphatic heterocycles. The topological polar surface area (TPSA) is 70.0 Å². The first kappa shape index (κ1) is 18.8. The first-order chi connectivity index (χ1) is 12.0. The molecular weight excluding hydrogens is 370 g/mol. The van der Waals surface area contributed by atoms with Crippen molar-refractivity contribution >= 4 is 23.2 Å². The van der Waals surface area contributed by atoms with Crippen LogP contribution in [0.3, 0.4) is 0 Å². The van der Waals surface area contributed by atoms with E-state index in [2.05, 4.69) is 20.4 Å². The minimum Gasteiger partial charge on any atom is -0.495 e. The molecule has 130 valence electrons. The van der Waals surface area contributed by atoms with Gasteiger partial charge in [0.1, 0.15) is 17.3 Å². The second-order valence-electron chi connectivity index (χ2n) is 4.53. The molecule has 0 saturated carbocycles. The van der Waals surface area contributed by atoms with E-state index in [1.807, 2.05) is 0 Å². The zero-order chi connectivity index (χ0) is 18.2. The second kappa shape index (κ2) is 9.10. The molecule has 0 unspecified atom stereocenters. The molecule has 0 radical (unpaired) electrons. The molecule has 3 rings (SSSR count). The third-order valence-corrected chi connectivity index (χ3v) is 3.39. The third-order valence-electron chi connectivity index (χ3n) is 2.92. The van der Waals surface area contributed by atoms with Crippen LogP contribution in [0, 0.1) is 5.82 Å². The zero-order valence-electron chi connectivity index (χ0n) is 13.3. The van der Waals surface area contributed by atoms with Crippen molar-refractivity contribution in [2.75, 3.05) is 14.2 Å². The lowest BCUT2D eigenvalue weighted by atomic mass is 10.1. The minimum atomic E-state index is -0.457. The maximum atomic E-state index is 13.0. The van der Waals surface area contributed by atoms with Crippen molar-refractivity contribution < 1.29 is 13.9 Å². The highest BCUT2D eigenvalue weighted by atomic mass is 35.5. The van der Waals surface area contributed by atoms with Crippen LogP contribution in [0.25, 0.3) is 11.3 Å². The highest BCUT2D eigenvalue weighted by molar-refractivity contribution is 6.31. The van der Waals surface area contributed by atoms with Crippen LogP contribution in [0.4, 0.5) is 4.39 Å². The Balaban J connectivity index is 0.000000212. The maximum absolute atomic E-state index is 13.0. The van der Waals surface area contributed by atoms with Crippen LogP contribution in [-0.4, -0.2) is 34.6 Å². The SMILES string of the molecule is COc1cnnc(-c2ccc(F)c(Cl)c2)c1.COc1cnnc(Cl)c1. The van der Waals surface area contributed by atoms with Gasteiger partial charge in [-0.25, -0.2) is 4.39 Å². The number of rotatable bonds is 3. The number of aromatic nitrogens is 4. The van der Waals surface area contributed by atoms with E-state index in [0.29, 0.717) is 27.9 Å². The Morgan fingerprint density at radius 3 is 2.08 bits per heavy atom. The Morgan fingerprint density at radius 2 is 1.52 bits per heavy atom. The van der Waals surface area contributed by atoms with Crippen LogP contribution in [0.2, 0.25) is 10.2 Å². The van der Waals surface area contributed by atoms with E-state index < -0.39 is 5.82 Å². The number of hydrogen-bond donors (Lipinski definition) is 0. The lowest BCUT2D eigenvalue weighted by Crippen LogP contribution is -1.91. The Kier molecular flexibility index (Phi) is 6.85. The van der Waals surface area contributed by atoms with Gasteiger partial charge in [-0.2, -0.15) is 15.3 Å². The summed E-state index contributed by atoms with van der Waals surface area (Å²) in [6, 6.07) is 7.68. The zero-order valence-corrected chi connectivity index (χ0v) is 14.8. The summed E-state index contributed by atoms with van der Waals surface area (Å²) in [5, 5.41) is 15.2. The summed E-state index contributed by atoms with van der Waals surface area (Å²) >= 11 is 11.2. The molecule has 0 fully saturated rings. The maximum Gasteiger partial charge on any atom is 0.155 e. The van der Waals surface area contributed by atoms with Crippen molar-refractivity contribution in [3.63, 3.8) is 0 Å². The van der Waals surface area contributed by atoms with E-state index in [-0.39, 0.29) is 5.02 Å². The average molecular weight is 383 g/mol. The molecule has 0 atom stereocenters. The molecule has 0 spiro atoms. The molecule has 2 heterocycles. The molecule has 1 aromatic carbocycles. The molecule has 0 aliphatic carbocycles. The highest BCUT2D eigenvalue weighted by Gasteiger charge is 2.05. The Labute approximate surface area is 153 Å². The number of benzene rings is 1. The van der Waals surface area contributed by atoms with E-state index >= 15 is 0 Å². The van der Waals surface area contributed by atoms with E-state index in [4.69, 9.17) is 32.7 Å². The van der Waals surface area contributed by atoms with Crippen LogP contribution in [0.15, 0.2) is 42.7 Å². The van der Waals surface area contributed by atoms with Gasteiger partial charge >= 0.3 is 0 Å². The van der Waals surface area contributed by atoms with E-state index in [9.17, 15) is 4.39 Å². The van der Waals surface area contributed by atoms with Gasteiger partial charge in [-0.3, -0.25) is 0 Å². The van der Waals surface area contributed by atoms with Gasteiger partial charge < -0.3 is 9.47 Å². The minimum absolute atomic E-state index is 0.0575. The predicted octanol–water partition coefficient (Wildman–Crippen LogP) is 4.08. The molecule has 9 heteroatoms. The second-order valence-corrected chi connectivity index (χ2v) is 5.32. The van der Waals surface area contributed by atoms with Gasteiger partial charge in [0, 0.05) is 17.7 Å². The van der Waals surface area contributed by atoms with Gasteiger partial charge in [0.2, 0.25) is 0 Å². The van der Waals surface area contributed by atoms with Crippen LogP contribution >= 0.6 is 23.2 Å². The van der Waals surface area contributed by atoms with Gasteiger partial charge in [-0.1, -0.05) is 23.2 Å². The molecule has 25 heavy (non-hydrogen) atoms. The van der Waals surface area contributed by atoms with E-state index in [1.54, 1.807) is 32.4 Å². The lowest BCUT2D eigenvalue weighted by Gasteiger charge is -2.03. The number of hydrogen-bond acceptors (Lipinski definition) is 6.